The van der Waals surface area contributed by atoms with Gasteiger partial charge in [0.2, 0.25) is 0 Å². The number of fused-ring (bicyclic) bond motifs is 1. The molecule has 5 nitrogen and oxygen atoms in total. The van der Waals surface area contributed by atoms with Crippen molar-refractivity contribution in [2.75, 3.05) is 20.2 Å². The lowest BCUT2D eigenvalue weighted by Gasteiger charge is -2.28. The van der Waals surface area contributed by atoms with Gasteiger partial charge in [-0.1, -0.05) is 6.92 Å². The molecule has 0 aliphatic heterocycles. The molecule has 0 spiro atoms. The molecule has 0 saturated heterocycles. The number of benzene rings is 1. The van der Waals surface area contributed by atoms with E-state index in [2.05, 4.69) is 4.90 Å². The first-order valence-corrected chi connectivity index (χ1v) is 7.38. The van der Waals surface area contributed by atoms with E-state index in [1.54, 1.807) is 27.0 Å². The molecule has 1 aromatic heterocycles. The van der Waals surface area contributed by atoms with Crippen molar-refractivity contribution in [3.8, 4) is 5.75 Å². The summed E-state index contributed by atoms with van der Waals surface area (Å²) in [5.74, 6) is 0.650. The number of hydrogen-bond donors (Lipinski definition) is 1. The molecule has 22 heavy (non-hydrogen) atoms. The third kappa shape index (κ3) is 4.08. The molecule has 1 N–H and O–H groups in total. The summed E-state index contributed by atoms with van der Waals surface area (Å²) in [4.78, 5) is 13.9. The van der Waals surface area contributed by atoms with Crippen molar-refractivity contribution in [3.63, 3.8) is 0 Å². The largest absolute Gasteiger partial charge is 0.497 e. The molecular weight excluding hydrogens is 282 g/mol. The molecule has 0 aliphatic rings. The monoisotopic (exact) mass is 305 g/mol. The van der Waals surface area contributed by atoms with Gasteiger partial charge in [-0.15, -0.1) is 0 Å². The van der Waals surface area contributed by atoms with Crippen LogP contribution < -0.4 is 10.4 Å². The molecule has 0 amide bonds. The van der Waals surface area contributed by atoms with Crippen LogP contribution in [-0.2, 0) is 6.54 Å². The van der Waals surface area contributed by atoms with E-state index in [0.717, 1.165) is 17.5 Å². The summed E-state index contributed by atoms with van der Waals surface area (Å²) in [6.45, 7) is 7.47. The van der Waals surface area contributed by atoms with Crippen molar-refractivity contribution in [3.05, 3.63) is 40.2 Å². The average Bonchev–Trinajstić information content (AvgIpc) is 2.44. The quantitative estimate of drug-likeness (QED) is 0.830. The van der Waals surface area contributed by atoms with E-state index >= 15 is 0 Å². The Balaban J connectivity index is 2.39. The molecule has 120 valence electrons. The SMILES string of the molecule is CCN(Cc1cc(=O)oc2cc(OC)ccc12)CC(C)(C)O. The number of nitrogens with zero attached hydrogens (tertiary/aromatic N) is 1. The summed E-state index contributed by atoms with van der Waals surface area (Å²) < 4.78 is 10.4. The van der Waals surface area contributed by atoms with Crippen LogP contribution in [0, 0.1) is 0 Å². The third-order valence-corrected chi connectivity index (χ3v) is 3.49. The van der Waals surface area contributed by atoms with Crippen LogP contribution in [0.1, 0.15) is 26.3 Å². The average molecular weight is 305 g/mol. The summed E-state index contributed by atoms with van der Waals surface area (Å²) in [6, 6.07) is 6.97. The molecule has 0 unspecified atom stereocenters. The fraction of sp³-hybridized carbons (Fsp3) is 0.471. The predicted molar refractivity (Wildman–Crippen MR) is 86.3 cm³/mol. The number of hydrogen-bond acceptors (Lipinski definition) is 5. The Kier molecular flexibility index (Phi) is 4.88. The van der Waals surface area contributed by atoms with Gasteiger partial charge in [0.15, 0.2) is 0 Å². The number of rotatable bonds is 6. The molecule has 0 aliphatic carbocycles. The van der Waals surface area contributed by atoms with Crippen LogP contribution in [0.5, 0.6) is 5.75 Å². The highest BCUT2D eigenvalue weighted by molar-refractivity contribution is 5.81. The van der Waals surface area contributed by atoms with Crippen molar-refractivity contribution in [1.29, 1.82) is 0 Å². The second-order valence-electron chi connectivity index (χ2n) is 6.07. The maximum atomic E-state index is 11.8. The fourth-order valence-electron chi connectivity index (χ4n) is 2.54. The van der Waals surface area contributed by atoms with Crippen molar-refractivity contribution < 1.29 is 14.3 Å². The standard InChI is InChI=1S/C17H23NO4/c1-5-18(11-17(2,3)20)10-12-8-16(19)22-15-9-13(21-4)6-7-14(12)15/h6-9,20H,5,10-11H2,1-4H3. The Hall–Kier alpha value is -1.85. The summed E-state index contributed by atoms with van der Waals surface area (Å²) >= 11 is 0. The maximum Gasteiger partial charge on any atom is 0.336 e. The van der Waals surface area contributed by atoms with E-state index in [-0.39, 0.29) is 5.63 Å². The molecule has 2 rings (SSSR count). The molecule has 0 fully saturated rings. The van der Waals surface area contributed by atoms with Gasteiger partial charge in [0, 0.05) is 30.6 Å². The topological polar surface area (TPSA) is 62.9 Å². The predicted octanol–water partition coefficient (Wildman–Crippen LogP) is 2.39. The van der Waals surface area contributed by atoms with Gasteiger partial charge in [-0.2, -0.15) is 0 Å². The van der Waals surface area contributed by atoms with Gasteiger partial charge in [0.1, 0.15) is 11.3 Å². The Labute approximate surface area is 130 Å². The van der Waals surface area contributed by atoms with Crippen LogP contribution in [0.15, 0.2) is 33.5 Å². The first-order chi connectivity index (χ1) is 10.3. The van der Waals surface area contributed by atoms with Crippen molar-refractivity contribution in [2.24, 2.45) is 0 Å². The van der Waals surface area contributed by atoms with Crippen LogP contribution in [-0.4, -0.2) is 35.8 Å². The molecule has 1 heterocycles. The van der Waals surface area contributed by atoms with Gasteiger partial charge < -0.3 is 14.3 Å². The second-order valence-corrected chi connectivity index (χ2v) is 6.07. The van der Waals surface area contributed by atoms with Crippen molar-refractivity contribution in [2.45, 2.75) is 32.9 Å². The third-order valence-electron chi connectivity index (χ3n) is 3.49. The van der Waals surface area contributed by atoms with E-state index in [1.807, 2.05) is 19.1 Å². The van der Waals surface area contributed by atoms with E-state index in [1.165, 1.54) is 6.07 Å². The summed E-state index contributed by atoms with van der Waals surface area (Å²) in [5, 5.41) is 10.9. The highest BCUT2D eigenvalue weighted by atomic mass is 16.5. The summed E-state index contributed by atoms with van der Waals surface area (Å²) in [6.07, 6.45) is 0. The zero-order valence-corrected chi connectivity index (χ0v) is 13.5. The number of methoxy groups -OCH3 is 1. The highest BCUT2D eigenvalue weighted by Crippen LogP contribution is 2.23. The molecular formula is C17H23NO4. The van der Waals surface area contributed by atoms with Gasteiger partial charge in [-0.05, 0) is 38.1 Å². The first kappa shape index (κ1) is 16.5. The molecule has 2 aromatic rings. The van der Waals surface area contributed by atoms with Gasteiger partial charge in [0.05, 0.1) is 12.7 Å². The minimum absolute atomic E-state index is 0.380. The van der Waals surface area contributed by atoms with Crippen molar-refractivity contribution in [1.82, 2.24) is 4.90 Å². The van der Waals surface area contributed by atoms with E-state index in [4.69, 9.17) is 9.15 Å². The molecule has 0 radical (unpaired) electrons. The minimum Gasteiger partial charge on any atom is -0.497 e. The van der Waals surface area contributed by atoms with Gasteiger partial charge in [0.25, 0.3) is 0 Å². The first-order valence-electron chi connectivity index (χ1n) is 7.38. The molecule has 0 atom stereocenters. The van der Waals surface area contributed by atoms with Crippen LogP contribution in [0.3, 0.4) is 0 Å². The smallest absolute Gasteiger partial charge is 0.336 e. The van der Waals surface area contributed by atoms with Gasteiger partial charge >= 0.3 is 5.63 Å². The Morgan fingerprint density at radius 2 is 2.05 bits per heavy atom. The summed E-state index contributed by atoms with van der Waals surface area (Å²) in [5.41, 5.74) is 0.241. The lowest BCUT2D eigenvalue weighted by Crippen LogP contribution is -2.38. The number of likely N-dealkylation sites (N-methyl/N-ethyl adjacent to an activating group) is 1. The molecule has 1 aromatic carbocycles. The van der Waals surface area contributed by atoms with Crippen LogP contribution in [0.25, 0.3) is 11.0 Å². The van der Waals surface area contributed by atoms with E-state index in [0.29, 0.717) is 24.4 Å². The lowest BCUT2D eigenvalue weighted by molar-refractivity contribution is 0.0354. The number of aliphatic hydroxyl groups is 1. The zero-order chi connectivity index (χ0) is 16.3. The van der Waals surface area contributed by atoms with Crippen molar-refractivity contribution >= 4 is 11.0 Å². The van der Waals surface area contributed by atoms with Crippen LogP contribution in [0.4, 0.5) is 0 Å². The molecule has 5 heteroatoms. The Morgan fingerprint density at radius 3 is 2.64 bits per heavy atom. The lowest BCUT2D eigenvalue weighted by atomic mass is 10.1. The normalized spacial score (nSPS) is 12.1. The zero-order valence-electron chi connectivity index (χ0n) is 13.5. The van der Waals surface area contributed by atoms with Gasteiger partial charge in [-0.3, -0.25) is 4.90 Å². The van der Waals surface area contributed by atoms with E-state index in [9.17, 15) is 9.90 Å². The summed E-state index contributed by atoms with van der Waals surface area (Å²) in [7, 11) is 1.57. The van der Waals surface area contributed by atoms with Gasteiger partial charge in [-0.25, -0.2) is 4.79 Å². The molecule has 0 bridgehead atoms. The highest BCUT2D eigenvalue weighted by Gasteiger charge is 2.18. The van der Waals surface area contributed by atoms with Crippen LogP contribution in [0.2, 0.25) is 0 Å². The second kappa shape index (κ2) is 6.50. The maximum absolute atomic E-state index is 11.8. The van der Waals surface area contributed by atoms with E-state index < -0.39 is 5.60 Å². The Bertz CT molecular complexity index is 700. The Morgan fingerprint density at radius 1 is 1.32 bits per heavy atom. The number of ether oxygens (including phenoxy) is 1. The molecule has 0 saturated carbocycles. The fourth-order valence-corrected chi connectivity index (χ4v) is 2.54. The minimum atomic E-state index is -0.783. The van der Waals surface area contributed by atoms with Crippen LogP contribution >= 0.6 is 0 Å².